The summed E-state index contributed by atoms with van der Waals surface area (Å²) in [6, 6.07) is 1.77. The maximum Gasteiger partial charge on any atom is 0.317 e. The Labute approximate surface area is 121 Å². The van der Waals surface area contributed by atoms with Crippen LogP contribution in [0.25, 0.3) is 0 Å². The highest BCUT2D eigenvalue weighted by Gasteiger charge is 2.28. The van der Waals surface area contributed by atoms with Crippen molar-refractivity contribution in [1.82, 2.24) is 20.2 Å². The Balaban J connectivity index is 1.90. The molecule has 106 valence electrons. The number of nitrogens with zero attached hydrogens (tertiary/aromatic N) is 4. The molecule has 0 aliphatic carbocycles. The third-order valence-electron chi connectivity index (χ3n) is 2.85. The summed E-state index contributed by atoms with van der Waals surface area (Å²) in [5.41, 5.74) is 0.151. The van der Waals surface area contributed by atoms with Gasteiger partial charge in [0.15, 0.2) is 0 Å². The maximum atomic E-state index is 11.7. The van der Waals surface area contributed by atoms with Gasteiger partial charge < -0.3 is 15.0 Å². The molecule has 1 aromatic rings. The molecule has 8 heteroatoms. The van der Waals surface area contributed by atoms with Crippen molar-refractivity contribution in [3.05, 3.63) is 18.1 Å². The number of nitriles is 1. The lowest BCUT2D eigenvalue weighted by Crippen LogP contribution is -2.40. The fourth-order valence-corrected chi connectivity index (χ4v) is 2.02. The van der Waals surface area contributed by atoms with Crippen LogP contribution in [0.15, 0.2) is 12.4 Å². The summed E-state index contributed by atoms with van der Waals surface area (Å²) in [5.74, 6) is 0.591. The average Bonchev–Trinajstić information content (AvgIpc) is 2.94. The number of halogens is 1. The zero-order valence-electron chi connectivity index (χ0n) is 10.8. The smallest absolute Gasteiger partial charge is 0.317 e. The summed E-state index contributed by atoms with van der Waals surface area (Å²) in [7, 11) is 0. The van der Waals surface area contributed by atoms with Crippen LogP contribution in [0.4, 0.5) is 4.79 Å². The maximum absolute atomic E-state index is 11.7. The van der Waals surface area contributed by atoms with Crippen molar-refractivity contribution in [2.24, 2.45) is 0 Å². The topological polar surface area (TPSA) is 91.1 Å². The number of hydrogen-bond donors (Lipinski definition) is 1. The molecule has 0 saturated carbocycles. The van der Waals surface area contributed by atoms with Gasteiger partial charge in [-0.15, -0.1) is 11.6 Å². The first kappa shape index (κ1) is 14.3. The molecule has 1 N–H and O–H groups in total. The number of nitrogens with one attached hydrogen (secondary N) is 1. The van der Waals surface area contributed by atoms with Crippen LogP contribution in [-0.2, 0) is 0 Å². The van der Waals surface area contributed by atoms with Crippen molar-refractivity contribution in [3.63, 3.8) is 0 Å². The normalized spacial score (nSPS) is 17.6. The molecule has 2 heterocycles. The van der Waals surface area contributed by atoms with Crippen molar-refractivity contribution >= 4 is 17.6 Å². The molecule has 1 fully saturated rings. The number of amides is 2. The Hall–Kier alpha value is -2.07. The number of carbonyl (C=O) groups is 1. The van der Waals surface area contributed by atoms with Gasteiger partial charge in [-0.25, -0.2) is 14.8 Å². The van der Waals surface area contributed by atoms with E-state index in [1.165, 1.54) is 12.4 Å². The number of aromatic nitrogens is 2. The molecule has 1 saturated heterocycles. The van der Waals surface area contributed by atoms with Crippen molar-refractivity contribution in [3.8, 4) is 11.9 Å². The summed E-state index contributed by atoms with van der Waals surface area (Å²) in [4.78, 5) is 21.3. The molecule has 0 spiro atoms. The van der Waals surface area contributed by atoms with Gasteiger partial charge in [-0.2, -0.15) is 5.26 Å². The van der Waals surface area contributed by atoms with Gasteiger partial charge >= 0.3 is 6.03 Å². The van der Waals surface area contributed by atoms with E-state index in [-0.39, 0.29) is 23.7 Å². The highest BCUT2D eigenvalue weighted by Crippen LogP contribution is 2.18. The van der Waals surface area contributed by atoms with Gasteiger partial charge in [-0.3, -0.25) is 0 Å². The predicted octanol–water partition coefficient (Wildman–Crippen LogP) is 0.750. The molecule has 1 aromatic heterocycles. The zero-order chi connectivity index (χ0) is 14.4. The standard InChI is InChI=1S/C12H14ClN5O2/c13-2-3-17-12(19)18-6-1-9(8-18)20-11-10(7-14)15-4-5-16-11/h4-5,9H,1-3,6,8H2,(H,17,19). The fourth-order valence-electron chi connectivity index (χ4n) is 1.92. The average molecular weight is 296 g/mol. The van der Waals surface area contributed by atoms with Crippen LogP contribution in [0.1, 0.15) is 12.1 Å². The molecule has 2 rings (SSSR count). The molecule has 1 atom stereocenters. The lowest BCUT2D eigenvalue weighted by atomic mass is 10.3. The van der Waals surface area contributed by atoms with Gasteiger partial charge in [-0.1, -0.05) is 0 Å². The summed E-state index contributed by atoms with van der Waals surface area (Å²) in [6.07, 6.45) is 3.41. The predicted molar refractivity (Wildman–Crippen MR) is 71.5 cm³/mol. The van der Waals surface area contributed by atoms with E-state index in [0.717, 1.165) is 0 Å². The minimum atomic E-state index is -0.180. The number of likely N-dealkylation sites (tertiary alicyclic amines) is 1. The number of urea groups is 1. The van der Waals surface area contributed by atoms with Gasteiger partial charge in [0.1, 0.15) is 12.2 Å². The van der Waals surface area contributed by atoms with Gasteiger partial charge in [0, 0.05) is 37.8 Å². The highest BCUT2D eigenvalue weighted by molar-refractivity contribution is 6.18. The van der Waals surface area contributed by atoms with Crippen LogP contribution in [0.2, 0.25) is 0 Å². The third-order valence-corrected chi connectivity index (χ3v) is 3.04. The Morgan fingerprint density at radius 1 is 1.60 bits per heavy atom. The first-order chi connectivity index (χ1) is 9.74. The van der Waals surface area contributed by atoms with Crippen molar-refractivity contribution < 1.29 is 9.53 Å². The molecule has 0 radical (unpaired) electrons. The van der Waals surface area contributed by atoms with Crippen molar-refractivity contribution in [2.75, 3.05) is 25.5 Å². The monoisotopic (exact) mass is 295 g/mol. The van der Waals surface area contributed by atoms with E-state index in [9.17, 15) is 4.79 Å². The quantitative estimate of drug-likeness (QED) is 0.828. The van der Waals surface area contributed by atoms with E-state index >= 15 is 0 Å². The first-order valence-corrected chi connectivity index (χ1v) is 6.74. The van der Waals surface area contributed by atoms with Crippen LogP contribution in [0.3, 0.4) is 0 Å². The van der Waals surface area contributed by atoms with E-state index < -0.39 is 0 Å². The molecule has 1 aliphatic heterocycles. The molecule has 1 unspecified atom stereocenters. The summed E-state index contributed by atoms with van der Waals surface area (Å²) in [5, 5.41) is 11.6. The first-order valence-electron chi connectivity index (χ1n) is 6.21. The number of hydrogen-bond acceptors (Lipinski definition) is 5. The molecule has 0 bridgehead atoms. The highest BCUT2D eigenvalue weighted by atomic mass is 35.5. The van der Waals surface area contributed by atoms with E-state index in [2.05, 4.69) is 15.3 Å². The summed E-state index contributed by atoms with van der Waals surface area (Å²) < 4.78 is 5.64. The summed E-state index contributed by atoms with van der Waals surface area (Å²) >= 11 is 5.52. The molecule has 20 heavy (non-hydrogen) atoms. The lowest BCUT2D eigenvalue weighted by molar-refractivity contribution is 0.182. The molecule has 0 aromatic carbocycles. The largest absolute Gasteiger partial charge is 0.470 e. The second kappa shape index (κ2) is 6.91. The Kier molecular flexibility index (Phi) is 4.96. The Morgan fingerprint density at radius 3 is 3.15 bits per heavy atom. The minimum absolute atomic E-state index is 0.151. The molecule has 7 nitrogen and oxygen atoms in total. The van der Waals surface area contributed by atoms with Crippen LogP contribution < -0.4 is 10.1 Å². The minimum Gasteiger partial charge on any atom is -0.470 e. The van der Waals surface area contributed by atoms with Crippen LogP contribution in [0, 0.1) is 11.3 Å². The molecular weight excluding hydrogens is 282 g/mol. The Bertz CT molecular complexity index is 519. The van der Waals surface area contributed by atoms with Crippen LogP contribution >= 0.6 is 11.6 Å². The van der Waals surface area contributed by atoms with Crippen molar-refractivity contribution in [2.45, 2.75) is 12.5 Å². The number of rotatable bonds is 4. The SMILES string of the molecule is N#Cc1nccnc1OC1CCN(C(=O)NCCCl)C1. The van der Waals surface area contributed by atoms with Crippen LogP contribution in [0.5, 0.6) is 5.88 Å². The van der Waals surface area contributed by atoms with Gasteiger partial charge in [0.25, 0.3) is 5.88 Å². The fraction of sp³-hybridized carbons (Fsp3) is 0.500. The van der Waals surface area contributed by atoms with Crippen LogP contribution in [-0.4, -0.2) is 52.5 Å². The van der Waals surface area contributed by atoms with E-state index in [0.29, 0.717) is 31.9 Å². The van der Waals surface area contributed by atoms with Crippen molar-refractivity contribution in [1.29, 1.82) is 5.26 Å². The van der Waals surface area contributed by atoms with E-state index in [1.807, 2.05) is 6.07 Å². The number of carbonyl (C=O) groups excluding carboxylic acids is 1. The number of ether oxygens (including phenoxy) is 1. The van der Waals surface area contributed by atoms with E-state index in [1.54, 1.807) is 4.90 Å². The number of alkyl halides is 1. The summed E-state index contributed by atoms with van der Waals surface area (Å²) in [6.45, 7) is 1.49. The molecular formula is C12H14ClN5O2. The molecule has 1 aliphatic rings. The lowest BCUT2D eigenvalue weighted by Gasteiger charge is -2.17. The van der Waals surface area contributed by atoms with E-state index in [4.69, 9.17) is 21.6 Å². The second-order valence-corrected chi connectivity index (χ2v) is 4.60. The van der Waals surface area contributed by atoms with Gasteiger partial charge in [-0.05, 0) is 0 Å². The van der Waals surface area contributed by atoms with Gasteiger partial charge in [0.05, 0.1) is 6.54 Å². The second-order valence-electron chi connectivity index (χ2n) is 4.22. The molecule has 2 amide bonds. The van der Waals surface area contributed by atoms with Gasteiger partial charge in [0.2, 0.25) is 5.69 Å². The third kappa shape index (κ3) is 3.48. The zero-order valence-corrected chi connectivity index (χ0v) is 11.5. The Morgan fingerprint density at radius 2 is 2.40 bits per heavy atom.